The van der Waals surface area contributed by atoms with Crippen LogP contribution in [0.1, 0.15) is 59.9 Å². The molecule has 154 valence electrons. The second-order valence-electron chi connectivity index (χ2n) is 8.90. The van der Waals surface area contributed by atoms with Gasteiger partial charge in [-0.15, -0.1) is 0 Å². The fraction of sp³-hybridized carbons (Fsp3) is 0.480. The third-order valence-electron chi connectivity index (χ3n) is 6.57. The molecule has 4 heteroatoms. The number of hydrogen-bond donors (Lipinski definition) is 1. The molecule has 2 aliphatic heterocycles. The molecule has 2 unspecified atom stereocenters. The molecule has 0 radical (unpaired) electrons. The summed E-state index contributed by atoms with van der Waals surface area (Å²) in [7, 11) is 0. The van der Waals surface area contributed by atoms with E-state index in [1.54, 1.807) is 0 Å². The topological polar surface area (TPSA) is 49.8 Å². The molecule has 2 fully saturated rings. The molecule has 2 bridgehead atoms. The number of fused-ring (bicyclic) bond motifs is 2. The van der Waals surface area contributed by atoms with Crippen molar-refractivity contribution in [3.8, 4) is 0 Å². The lowest BCUT2D eigenvalue weighted by Gasteiger charge is -2.52. The zero-order valence-electron chi connectivity index (χ0n) is 17.6. The number of benzene rings is 2. The molecule has 0 aliphatic carbocycles. The van der Waals surface area contributed by atoms with Crippen LogP contribution in [-0.4, -0.2) is 28.2 Å². The van der Waals surface area contributed by atoms with Gasteiger partial charge in [-0.05, 0) is 62.3 Å². The monoisotopic (exact) mass is 393 g/mol. The van der Waals surface area contributed by atoms with Gasteiger partial charge in [0.05, 0.1) is 5.60 Å². The third-order valence-corrected chi connectivity index (χ3v) is 6.57. The molecule has 4 nitrogen and oxygen atoms in total. The summed E-state index contributed by atoms with van der Waals surface area (Å²) in [5.74, 6) is 0. The Hall–Kier alpha value is -2.33. The molecule has 2 atom stereocenters. The highest BCUT2D eigenvalue weighted by Crippen LogP contribution is 2.46. The minimum Gasteiger partial charge on any atom is -0.445 e. The number of carbonyl (C=O) groups excluding carboxylic acids is 1. The van der Waals surface area contributed by atoms with E-state index in [1.807, 2.05) is 35.2 Å². The first-order chi connectivity index (χ1) is 13.9. The summed E-state index contributed by atoms with van der Waals surface area (Å²) in [6.07, 6.45) is 3.85. The van der Waals surface area contributed by atoms with Crippen molar-refractivity contribution in [2.45, 2.75) is 77.2 Å². The van der Waals surface area contributed by atoms with Crippen LogP contribution in [0.3, 0.4) is 0 Å². The molecular formula is C25H31NO3. The van der Waals surface area contributed by atoms with Gasteiger partial charge < -0.3 is 14.7 Å². The molecule has 0 aromatic heterocycles. The van der Waals surface area contributed by atoms with Gasteiger partial charge in [0.25, 0.3) is 0 Å². The quantitative estimate of drug-likeness (QED) is 0.784. The number of piperidine rings is 2. The molecule has 2 aromatic rings. The van der Waals surface area contributed by atoms with Gasteiger partial charge in [0, 0.05) is 24.9 Å². The summed E-state index contributed by atoms with van der Waals surface area (Å²) in [5.41, 5.74) is 4.66. The van der Waals surface area contributed by atoms with E-state index >= 15 is 0 Å². The molecule has 2 heterocycles. The zero-order valence-corrected chi connectivity index (χ0v) is 17.6. The van der Waals surface area contributed by atoms with Crippen molar-refractivity contribution < 1.29 is 14.6 Å². The predicted octanol–water partition coefficient (Wildman–Crippen LogP) is 5.15. The highest BCUT2D eigenvalue weighted by Gasteiger charge is 2.49. The van der Waals surface area contributed by atoms with Crippen molar-refractivity contribution in [1.29, 1.82) is 0 Å². The van der Waals surface area contributed by atoms with E-state index < -0.39 is 5.60 Å². The van der Waals surface area contributed by atoms with Crippen molar-refractivity contribution in [3.63, 3.8) is 0 Å². The third kappa shape index (κ3) is 3.91. The van der Waals surface area contributed by atoms with Gasteiger partial charge in [-0.25, -0.2) is 4.79 Å². The highest BCUT2D eigenvalue weighted by molar-refractivity contribution is 5.69. The molecule has 2 saturated heterocycles. The lowest BCUT2D eigenvalue weighted by Crippen LogP contribution is -2.59. The van der Waals surface area contributed by atoms with Gasteiger partial charge in [0.15, 0.2) is 0 Å². The summed E-state index contributed by atoms with van der Waals surface area (Å²) in [6.45, 7) is 6.55. The normalized spacial score (nSPS) is 26.3. The van der Waals surface area contributed by atoms with Crippen LogP contribution in [0.4, 0.5) is 4.79 Å². The first-order valence-electron chi connectivity index (χ1n) is 10.7. The second kappa shape index (κ2) is 7.83. The maximum atomic E-state index is 12.9. The number of amides is 1. The number of aryl methyl sites for hydroxylation is 3. The smallest absolute Gasteiger partial charge is 0.410 e. The minimum absolute atomic E-state index is 0.0240. The van der Waals surface area contributed by atoms with E-state index in [0.29, 0.717) is 12.8 Å². The van der Waals surface area contributed by atoms with Gasteiger partial charge in [0.2, 0.25) is 0 Å². The van der Waals surface area contributed by atoms with Gasteiger partial charge in [0.1, 0.15) is 6.61 Å². The summed E-state index contributed by atoms with van der Waals surface area (Å²) in [4.78, 5) is 14.8. The number of ether oxygens (including phenoxy) is 1. The maximum Gasteiger partial charge on any atom is 0.410 e. The highest BCUT2D eigenvalue weighted by atomic mass is 16.6. The van der Waals surface area contributed by atoms with E-state index in [-0.39, 0.29) is 24.8 Å². The van der Waals surface area contributed by atoms with Gasteiger partial charge in [-0.3, -0.25) is 0 Å². The van der Waals surface area contributed by atoms with Crippen molar-refractivity contribution in [2.75, 3.05) is 0 Å². The van der Waals surface area contributed by atoms with Crippen LogP contribution in [0, 0.1) is 20.8 Å². The molecule has 0 spiro atoms. The molecule has 1 amide bonds. The van der Waals surface area contributed by atoms with Crippen LogP contribution in [-0.2, 0) is 16.9 Å². The van der Waals surface area contributed by atoms with Gasteiger partial charge in [-0.2, -0.15) is 0 Å². The van der Waals surface area contributed by atoms with Crippen LogP contribution >= 0.6 is 0 Å². The largest absolute Gasteiger partial charge is 0.445 e. The number of carbonyl (C=O) groups is 1. The standard InChI is InChI=1S/C25H31NO3/c1-17-12-18(2)23(19(3)13-17)25(28)14-21-10-7-11-22(15-25)26(21)24(27)29-16-20-8-5-4-6-9-20/h4-6,8-9,12-13,21-22,28H,7,10-11,14-16H2,1-3H3. The zero-order chi connectivity index (χ0) is 20.6. The number of hydrogen-bond acceptors (Lipinski definition) is 3. The summed E-state index contributed by atoms with van der Waals surface area (Å²) < 4.78 is 5.65. The Balaban J connectivity index is 1.54. The Morgan fingerprint density at radius 1 is 1.07 bits per heavy atom. The summed E-state index contributed by atoms with van der Waals surface area (Å²) >= 11 is 0. The Bertz CT molecular complexity index is 855. The fourth-order valence-corrected chi connectivity index (χ4v) is 5.64. The Kier molecular flexibility index (Phi) is 5.39. The van der Waals surface area contributed by atoms with Crippen LogP contribution in [0.25, 0.3) is 0 Å². The van der Waals surface area contributed by atoms with Crippen LogP contribution < -0.4 is 0 Å². The van der Waals surface area contributed by atoms with E-state index in [9.17, 15) is 9.90 Å². The molecule has 2 aromatic carbocycles. The van der Waals surface area contributed by atoms with E-state index in [2.05, 4.69) is 32.9 Å². The van der Waals surface area contributed by atoms with Crippen molar-refractivity contribution in [3.05, 3.63) is 70.3 Å². The van der Waals surface area contributed by atoms with E-state index in [4.69, 9.17) is 4.74 Å². The first-order valence-corrected chi connectivity index (χ1v) is 10.7. The van der Waals surface area contributed by atoms with Gasteiger partial charge in [-0.1, -0.05) is 48.0 Å². The number of nitrogens with zero attached hydrogens (tertiary/aromatic N) is 1. The van der Waals surface area contributed by atoms with Crippen LogP contribution in [0.5, 0.6) is 0 Å². The average Bonchev–Trinajstić information content (AvgIpc) is 2.65. The second-order valence-corrected chi connectivity index (χ2v) is 8.90. The van der Waals surface area contributed by atoms with Gasteiger partial charge >= 0.3 is 6.09 Å². The SMILES string of the molecule is Cc1cc(C)c(C2(O)CC3CCCC(C2)N3C(=O)OCc2ccccc2)c(C)c1. The molecular weight excluding hydrogens is 362 g/mol. The summed E-state index contributed by atoms with van der Waals surface area (Å²) in [6, 6.07) is 14.1. The summed E-state index contributed by atoms with van der Waals surface area (Å²) in [5, 5.41) is 11.7. The Labute approximate surface area is 173 Å². The molecule has 1 N–H and O–H groups in total. The molecule has 4 rings (SSSR count). The van der Waals surface area contributed by atoms with E-state index in [1.165, 1.54) is 5.56 Å². The Morgan fingerprint density at radius 3 is 2.24 bits per heavy atom. The lowest BCUT2D eigenvalue weighted by atomic mass is 9.70. The van der Waals surface area contributed by atoms with Crippen molar-refractivity contribution >= 4 is 6.09 Å². The fourth-order valence-electron chi connectivity index (χ4n) is 5.64. The predicted molar refractivity (Wildman–Crippen MR) is 114 cm³/mol. The lowest BCUT2D eigenvalue weighted by molar-refractivity contribution is -0.0901. The number of aliphatic hydroxyl groups is 1. The molecule has 0 saturated carbocycles. The molecule has 29 heavy (non-hydrogen) atoms. The van der Waals surface area contributed by atoms with E-state index in [0.717, 1.165) is 41.5 Å². The van der Waals surface area contributed by atoms with Crippen LogP contribution in [0.2, 0.25) is 0 Å². The number of rotatable bonds is 3. The Morgan fingerprint density at radius 2 is 1.66 bits per heavy atom. The molecule has 2 aliphatic rings. The average molecular weight is 394 g/mol. The van der Waals surface area contributed by atoms with Crippen LogP contribution in [0.15, 0.2) is 42.5 Å². The maximum absolute atomic E-state index is 12.9. The van der Waals surface area contributed by atoms with Crippen molar-refractivity contribution in [2.24, 2.45) is 0 Å². The van der Waals surface area contributed by atoms with Crippen molar-refractivity contribution in [1.82, 2.24) is 4.90 Å². The minimum atomic E-state index is -0.881. The first kappa shape index (κ1) is 20.0.